The van der Waals surface area contributed by atoms with Gasteiger partial charge in [-0.05, 0) is 51.0 Å². The Morgan fingerprint density at radius 2 is 1.86 bits per heavy atom. The summed E-state index contributed by atoms with van der Waals surface area (Å²) in [5.41, 5.74) is 2.80. The zero-order valence-electron chi connectivity index (χ0n) is 16.2. The van der Waals surface area contributed by atoms with Crippen LogP contribution >= 0.6 is 11.3 Å². The highest BCUT2D eigenvalue weighted by Gasteiger charge is 2.27. The topological polar surface area (TPSA) is 80.2 Å². The highest BCUT2D eigenvalue weighted by atomic mass is 32.1. The van der Waals surface area contributed by atoms with E-state index in [1.165, 1.54) is 11.3 Å². The van der Waals surface area contributed by atoms with Crippen molar-refractivity contribution in [1.82, 2.24) is 15.0 Å². The van der Waals surface area contributed by atoms with Gasteiger partial charge in [-0.1, -0.05) is 11.3 Å². The number of benzene rings is 1. The number of nitrogens with one attached hydrogen (secondary N) is 1. The maximum absolute atomic E-state index is 12.7. The van der Waals surface area contributed by atoms with E-state index in [-0.39, 0.29) is 11.8 Å². The summed E-state index contributed by atoms with van der Waals surface area (Å²) in [7, 11) is 1.64. The maximum atomic E-state index is 12.7. The monoisotopic (exact) mass is 397 g/mol. The van der Waals surface area contributed by atoms with Crippen LogP contribution in [0.15, 0.2) is 24.3 Å². The Balaban J connectivity index is 1.39. The largest absolute Gasteiger partial charge is 0.497 e. The van der Waals surface area contributed by atoms with Gasteiger partial charge in [0.25, 0.3) is 0 Å². The molecule has 2 aromatic heterocycles. The fourth-order valence-electron chi connectivity index (χ4n) is 3.48. The number of piperidine rings is 1. The van der Waals surface area contributed by atoms with Crippen molar-refractivity contribution in [3.63, 3.8) is 0 Å². The third kappa shape index (κ3) is 3.91. The van der Waals surface area contributed by atoms with Crippen LogP contribution in [0.3, 0.4) is 0 Å². The first kappa shape index (κ1) is 18.6. The van der Waals surface area contributed by atoms with Gasteiger partial charge < -0.3 is 15.0 Å². The van der Waals surface area contributed by atoms with Crippen molar-refractivity contribution < 1.29 is 9.53 Å². The number of anilines is 2. The molecule has 1 aliphatic rings. The molecule has 7 nitrogen and oxygen atoms in total. The number of carbonyl (C=O) groups is 1. The Bertz CT molecular complexity index is 991. The Labute approximate surface area is 167 Å². The molecule has 0 aliphatic carbocycles. The van der Waals surface area contributed by atoms with E-state index in [1.807, 2.05) is 38.1 Å². The molecule has 8 heteroatoms. The summed E-state index contributed by atoms with van der Waals surface area (Å²) in [5, 5.41) is 3.62. The molecule has 3 heterocycles. The average molecular weight is 398 g/mol. The van der Waals surface area contributed by atoms with Crippen LogP contribution in [0.5, 0.6) is 5.75 Å². The lowest BCUT2D eigenvalue weighted by molar-refractivity contribution is -0.120. The first-order valence-corrected chi connectivity index (χ1v) is 10.2. The number of amides is 1. The number of hydrogen-bond acceptors (Lipinski definition) is 7. The van der Waals surface area contributed by atoms with Crippen LogP contribution in [0, 0.1) is 19.8 Å². The number of ether oxygens (including phenoxy) is 1. The van der Waals surface area contributed by atoms with Gasteiger partial charge >= 0.3 is 0 Å². The molecule has 0 bridgehead atoms. The summed E-state index contributed by atoms with van der Waals surface area (Å²) >= 11 is 1.47. The van der Waals surface area contributed by atoms with Crippen LogP contribution in [0.25, 0.3) is 10.2 Å². The standard InChI is InChI=1S/C20H23N5O2S/c1-12-10-13(2)22-19(21-12)25-8-6-14(7-9-25)18(26)24-20-23-16-5-4-15(27-3)11-17(16)28-20/h4-5,10-11,14H,6-9H2,1-3H3,(H,23,24,26). The van der Waals surface area contributed by atoms with E-state index in [0.717, 1.165) is 59.2 Å². The molecule has 3 aromatic rings. The second kappa shape index (κ2) is 7.71. The van der Waals surface area contributed by atoms with Crippen molar-refractivity contribution in [3.8, 4) is 5.75 Å². The van der Waals surface area contributed by atoms with E-state index in [2.05, 4.69) is 25.2 Å². The number of methoxy groups -OCH3 is 1. The molecule has 1 aliphatic heterocycles. The molecule has 4 rings (SSSR count). The fraction of sp³-hybridized carbons (Fsp3) is 0.400. The van der Waals surface area contributed by atoms with E-state index in [0.29, 0.717) is 5.13 Å². The SMILES string of the molecule is COc1ccc2nc(NC(=O)C3CCN(c4nc(C)cc(C)n4)CC3)sc2c1. The number of thiazole rings is 1. The van der Waals surface area contributed by atoms with Crippen LogP contribution in [-0.2, 0) is 4.79 Å². The Hall–Kier alpha value is -2.74. The summed E-state index contributed by atoms with van der Waals surface area (Å²) in [6.07, 6.45) is 1.56. The lowest BCUT2D eigenvalue weighted by atomic mass is 9.96. The van der Waals surface area contributed by atoms with Crippen LogP contribution in [0.1, 0.15) is 24.2 Å². The van der Waals surface area contributed by atoms with Crippen LogP contribution < -0.4 is 15.0 Å². The second-order valence-corrected chi connectivity index (χ2v) is 8.08. The van der Waals surface area contributed by atoms with Crippen LogP contribution in [0.2, 0.25) is 0 Å². The van der Waals surface area contributed by atoms with Crippen molar-refractivity contribution in [1.29, 1.82) is 0 Å². The number of nitrogens with zero attached hydrogens (tertiary/aromatic N) is 4. The van der Waals surface area contributed by atoms with Gasteiger partial charge in [0.15, 0.2) is 5.13 Å². The van der Waals surface area contributed by atoms with Crippen LogP contribution in [0.4, 0.5) is 11.1 Å². The van der Waals surface area contributed by atoms with Crippen molar-refractivity contribution in [3.05, 3.63) is 35.7 Å². The smallest absolute Gasteiger partial charge is 0.229 e. The first-order valence-electron chi connectivity index (χ1n) is 9.34. The van der Waals surface area contributed by atoms with Gasteiger partial charge in [0.1, 0.15) is 5.75 Å². The van der Waals surface area contributed by atoms with Gasteiger partial charge in [-0.3, -0.25) is 4.79 Å². The zero-order chi connectivity index (χ0) is 19.7. The normalized spacial score (nSPS) is 15.0. The lowest BCUT2D eigenvalue weighted by Crippen LogP contribution is -2.39. The Morgan fingerprint density at radius 1 is 1.14 bits per heavy atom. The first-order chi connectivity index (χ1) is 13.5. The lowest BCUT2D eigenvalue weighted by Gasteiger charge is -2.31. The van der Waals surface area contributed by atoms with Crippen LogP contribution in [-0.4, -0.2) is 41.1 Å². The second-order valence-electron chi connectivity index (χ2n) is 7.05. The van der Waals surface area contributed by atoms with Crippen molar-refractivity contribution in [2.24, 2.45) is 5.92 Å². The Kier molecular flexibility index (Phi) is 5.13. The molecular formula is C20H23N5O2S. The minimum atomic E-state index is -0.0243. The third-order valence-electron chi connectivity index (χ3n) is 4.94. The third-order valence-corrected chi connectivity index (χ3v) is 5.88. The molecule has 1 aromatic carbocycles. The molecule has 0 radical (unpaired) electrons. The summed E-state index contributed by atoms with van der Waals surface area (Å²) in [5.74, 6) is 1.56. The molecule has 0 spiro atoms. The van der Waals surface area contributed by atoms with Gasteiger partial charge in [0.05, 0.1) is 17.3 Å². The van der Waals surface area contributed by atoms with E-state index >= 15 is 0 Å². The molecule has 1 fully saturated rings. The van der Waals surface area contributed by atoms with Gasteiger partial charge in [-0.25, -0.2) is 15.0 Å². The molecule has 1 saturated heterocycles. The molecule has 146 valence electrons. The molecule has 0 atom stereocenters. The molecule has 28 heavy (non-hydrogen) atoms. The fourth-order valence-corrected chi connectivity index (χ4v) is 4.38. The molecule has 0 unspecified atom stereocenters. The number of carbonyl (C=O) groups excluding carboxylic acids is 1. The predicted octanol–water partition coefficient (Wildman–Crippen LogP) is 3.57. The molecule has 1 N–H and O–H groups in total. The Morgan fingerprint density at radius 3 is 2.54 bits per heavy atom. The van der Waals surface area contributed by atoms with E-state index in [9.17, 15) is 4.79 Å². The highest BCUT2D eigenvalue weighted by Crippen LogP contribution is 2.30. The van der Waals surface area contributed by atoms with E-state index in [4.69, 9.17) is 4.74 Å². The quantitative estimate of drug-likeness (QED) is 0.725. The summed E-state index contributed by atoms with van der Waals surface area (Å²) in [6.45, 7) is 5.51. The van der Waals surface area contributed by atoms with Gasteiger partial charge in [-0.2, -0.15) is 0 Å². The minimum absolute atomic E-state index is 0.0243. The minimum Gasteiger partial charge on any atom is -0.497 e. The summed E-state index contributed by atoms with van der Waals surface area (Å²) in [4.78, 5) is 28.4. The van der Waals surface area contributed by atoms with E-state index in [1.54, 1.807) is 7.11 Å². The number of fused-ring (bicyclic) bond motifs is 1. The summed E-state index contributed by atoms with van der Waals surface area (Å²) in [6, 6.07) is 7.68. The molecule has 1 amide bonds. The predicted molar refractivity (Wildman–Crippen MR) is 111 cm³/mol. The number of aromatic nitrogens is 3. The molecule has 0 saturated carbocycles. The average Bonchev–Trinajstić information content (AvgIpc) is 3.08. The van der Waals surface area contributed by atoms with Gasteiger partial charge in [0.2, 0.25) is 11.9 Å². The van der Waals surface area contributed by atoms with Crippen molar-refractivity contribution >= 4 is 38.5 Å². The van der Waals surface area contributed by atoms with E-state index < -0.39 is 0 Å². The highest BCUT2D eigenvalue weighted by molar-refractivity contribution is 7.22. The van der Waals surface area contributed by atoms with Gasteiger partial charge in [0, 0.05) is 30.4 Å². The number of rotatable bonds is 4. The van der Waals surface area contributed by atoms with Crippen molar-refractivity contribution in [2.75, 3.05) is 30.4 Å². The summed E-state index contributed by atoms with van der Waals surface area (Å²) < 4.78 is 6.24. The zero-order valence-corrected chi connectivity index (χ0v) is 17.0. The molecular weight excluding hydrogens is 374 g/mol. The van der Waals surface area contributed by atoms with Gasteiger partial charge in [-0.15, -0.1) is 0 Å². The van der Waals surface area contributed by atoms with Crippen molar-refractivity contribution in [2.45, 2.75) is 26.7 Å². The maximum Gasteiger partial charge on any atom is 0.229 e. The number of aryl methyl sites for hydroxylation is 2. The number of hydrogen-bond donors (Lipinski definition) is 1.